The molecule has 0 saturated carbocycles. The van der Waals surface area contributed by atoms with Crippen molar-refractivity contribution in [3.63, 3.8) is 0 Å². The van der Waals surface area contributed by atoms with Crippen molar-refractivity contribution in [2.75, 3.05) is 19.6 Å². The van der Waals surface area contributed by atoms with Gasteiger partial charge in [0, 0.05) is 25.2 Å². The monoisotopic (exact) mass is 281 g/mol. The summed E-state index contributed by atoms with van der Waals surface area (Å²) >= 11 is 0. The topological polar surface area (TPSA) is 69.8 Å². The summed E-state index contributed by atoms with van der Waals surface area (Å²) in [4.78, 5) is 16.4. The van der Waals surface area contributed by atoms with E-state index in [-0.39, 0.29) is 18.1 Å². The molecule has 1 amide bonds. The molecule has 3 saturated heterocycles. The first-order chi connectivity index (χ1) is 9.65. The van der Waals surface area contributed by atoms with E-state index >= 15 is 0 Å². The first kappa shape index (κ1) is 14.3. The van der Waals surface area contributed by atoms with Crippen LogP contribution in [-0.4, -0.2) is 64.7 Å². The molecule has 0 aromatic rings. The van der Waals surface area contributed by atoms with Crippen LogP contribution in [0, 0.1) is 0 Å². The van der Waals surface area contributed by atoms with E-state index in [1.165, 1.54) is 19.3 Å². The van der Waals surface area contributed by atoms with Gasteiger partial charge in [-0.2, -0.15) is 0 Å². The molecule has 0 aromatic heterocycles. The third-order valence-electron chi connectivity index (χ3n) is 5.45. The van der Waals surface area contributed by atoms with Crippen LogP contribution < -0.4 is 5.73 Å². The predicted octanol–water partition coefficient (Wildman–Crippen LogP) is 0.314. The van der Waals surface area contributed by atoms with Gasteiger partial charge in [-0.05, 0) is 45.1 Å². The zero-order valence-electron chi connectivity index (χ0n) is 12.2. The van der Waals surface area contributed by atoms with Crippen LogP contribution in [0.15, 0.2) is 0 Å². The highest BCUT2D eigenvalue weighted by molar-refractivity contribution is 5.79. The SMILES string of the molecule is NC(=O)C1CCCCN1CCN1[C@@H]2CC[C@H]1CC(O)C2. The van der Waals surface area contributed by atoms with E-state index < -0.39 is 0 Å². The maximum atomic E-state index is 11.5. The molecule has 0 radical (unpaired) electrons. The number of likely N-dealkylation sites (tertiary alicyclic amines) is 1. The van der Waals surface area contributed by atoms with E-state index in [1.54, 1.807) is 0 Å². The smallest absolute Gasteiger partial charge is 0.234 e. The normalized spacial score (nSPS) is 39.0. The number of rotatable bonds is 4. The maximum Gasteiger partial charge on any atom is 0.234 e. The van der Waals surface area contributed by atoms with Crippen molar-refractivity contribution in [3.05, 3.63) is 0 Å². The van der Waals surface area contributed by atoms with Crippen molar-refractivity contribution >= 4 is 5.91 Å². The molecule has 2 bridgehead atoms. The summed E-state index contributed by atoms with van der Waals surface area (Å²) in [6.07, 6.45) is 7.41. The molecule has 0 aromatic carbocycles. The number of aliphatic hydroxyl groups is 1. The van der Waals surface area contributed by atoms with E-state index in [9.17, 15) is 9.90 Å². The highest BCUT2D eigenvalue weighted by Crippen LogP contribution is 2.35. The van der Waals surface area contributed by atoms with E-state index in [2.05, 4.69) is 9.80 Å². The summed E-state index contributed by atoms with van der Waals surface area (Å²) in [5, 5.41) is 9.84. The number of fused-ring (bicyclic) bond motifs is 2. The van der Waals surface area contributed by atoms with Gasteiger partial charge in [0.1, 0.15) is 0 Å². The van der Waals surface area contributed by atoms with Crippen LogP contribution in [0.3, 0.4) is 0 Å². The number of primary amides is 1. The summed E-state index contributed by atoms with van der Waals surface area (Å²) in [5.74, 6) is -0.165. The summed E-state index contributed by atoms with van der Waals surface area (Å²) in [6.45, 7) is 2.96. The Balaban J connectivity index is 1.55. The maximum absolute atomic E-state index is 11.5. The molecule has 20 heavy (non-hydrogen) atoms. The highest BCUT2D eigenvalue weighted by atomic mass is 16.3. The zero-order chi connectivity index (χ0) is 14.1. The molecule has 3 heterocycles. The first-order valence-electron chi connectivity index (χ1n) is 8.12. The van der Waals surface area contributed by atoms with E-state index in [0.29, 0.717) is 12.1 Å². The zero-order valence-corrected chi connectivity index (χ0v) is 12.2. The Morgan fingerprint density at radius 1 is 1.10 bits per heavy atom. The van der Waals surface area contributed by atoms with Crippen LogP contribution in [0.5, 0.6) is 0 Å². The van der Waals surface area contributed by atoms with E-state index in [0.717, 1.165) is 45.3 Å². The van der Waals surface area contributed by atoms with Gasteiger partial charge in [0.25, 0.3) is 0 Å². The molecule has 3 rings (SSSR count). The predicted molar refractivity (Wildman–Crippen MR) is 77.2 cm³/mol. The van der Waals surface area contributed by atoms with Crippen molar-refractivity contribution in [1.29, 1.82) is 0 Å². The lowest BCUT2D eigenvalue weighted by Crippen LogP contribution is -2.52. The van der Waals surface area contributed by atoms with Crippen LogP contribution in [0.25, 0.3) is 0 Å². The fourth-order valence-electron chi connectivity index (χ4n) is 4.44. The minimum absolute atomic E-state index is 0.0585. The second kappa shape index (κ2) is 6.00. The van der Waals surface area contributed by atoms with Crippen LogP contribution in [-0.2, 0) is 4.79 Å². The van der Waals surface area contributed by atoms with Gasteiger partial charge in [-0.15, -0.1) is 0 Å². The number of nitrogens with zero attached hydrogens (tertiary/aromatic N) is 2. The van der Waals surface area contributed by atoms with Gasteiger partial charge in [-0.3, -0.25) is 14.6 Å². The van der Waals surface area contributed by atoms with E-state index in [1.807, 2.05) is 0 Å². The van der Waals surface area contributed by atoms with Crippen LogP contribution >= 0.6 is 0 Å². The van der Waals surface area contributed by atoms with Crippen LogP contribution in [0.2, 0.25) is 0 Å². The Bertz CT molecular complexity index is 349. The molecule has 3 aliphatic rings. The largest absolute Gasteiger partial charge is 0.393 e. The highest BCUT2D eigenvalue weighted by Gasteiger charge is 2.40. The molecule has 4 atom stereocenters. The number of piperidine rings is 2. The van der Waals surface area contributed by atoms with Gasteiger partial charge in [0.15, 0.2) is 0 Å². The minimum Gasteiger partial charge on any atom is -0.393 e. The van der Waals surface area contributed by atoms with E-state index in [4.69, 9.17) is 5.73 Å². The quantitative estimate of drug-likeness (QED) is 0.778. The number of carbonyl (C=O) groups excluding carboxylic acids is 1. The van der Waals surface area contributed by atoms with Crippen molar-refractivity contribution in [2.24, 2.45) is 5.73 Å². The van der Waals surface area contributed by atoms with Crippen molar-refractivity contribution in [3.8, 4) is 0 Å². The Kier molecular flexibility index (Phi) is 4.29. The first-order valence-corrected chi connectivity index (χ1v) is 8.12. The Morgan fingerprint density at radius 2 is 1.80 bits per heavy atom. The van der Waals surface area contributed by atoms with Crippen molar-refractivity contribution in [2.45, 2.75) is 69.2 Å². The Labute approximate surface area is 121 Å². The summed E-state index contributed by atoms with van der Waals surface area (Å²) in [7, 11) is 0. The van der Waals surface area contributed by atoms with Crippen molar-refractivity contribution < 1.29 is 9.90 Å². The molecule has 3 fully saturated rings. The fourth-order valence-corrected chi connectivity index (χ4v) is 4.44. The lowest BCUT2D eigenvalue weighted by Gasteiger charge is -2.40. The van der Waals surface area contributed by atoms with Gasteiger partial charge in [-0.25, -0.2) is 0 Å². The number of aliphatic hydroxyl groups excluding tert-OH is 1. The molecule has 114 valence electrons. The molecule has 2 unspecified atom stereocenters. The molecule has 3 aliphatic heterocycles. The number of hydrogen-bond donors (Lipinski definition) is 2. The van der Waals surface area contributed by atoms with Crippen molar-refractivity contribution in [1.82, 2.24) is 9.80 Å². The Hall–Kier alpha value is -0.650. The number of carbonyl (C=O) groups is 1. The average molecular weight is 281 g/mol. The number of amides is 1. The summed E-state index contributed by atoms with van der Waals surface area (Å²) in [5.41, 5.74) is 5.52. The number of hydrogen-bond acceptors (Lipinski definition) is 4. The second-order valence-electron chi connectivity index (χ2n) is 6.70. The second-order valence-corrected chi connectivity index (χ2v) is 6.70. The van der Waals surface area contributed by atoms with Gasteiger partial charge in [-0.1, -0.05) is 6.42 Å². The van der Waals surface area contributed by atoms with Gasteiger partial charge >= 0.3 is 0 Å². The Morgan fingerprint density at radius 3 is 2.45 bits per heavy atom. The molecule has 3 N–H and O–H groups in total. The van der Waals surface area contributed by atoms with Crippen LogP contribution in [0.4, 0.5) is 0 Å². The third-order valence-corrected chi connectivity index (χ3v) is 5.45. The average Bonchev–Trinajstić information content (AvgIpc) is 2.67. The van der Waals surface area contributed by atoms with Crippen LogP contribution in [0.1, 0.15) is 44.9 Å². The molecule has 0 aliphatic carbocycles. The third kappa shape index (κ3) is 2.85. The van der Waals surface area contributed by atoms with Gasteiger partial charge < -0.3 is 10.8 Å². The molecule has 5 heteroatoms. The number of nitrogens with two attached hydrogens (primary N) is 1. The minimum atomic E-state index is -0.165. The molecular formula is C15H27N3O2. The molecule has 5 nitrogen and oxygen atoms in total. The van der Waals surface area contributed by atoms with Gasteiger partial charge in [0.2, 0.25) is 5.91 Å². The lowest BCUT2D eigenvalue weighted by atomic mass is 9.99. The summed E-state index contributed by atoms with van der Waals surface area (Å²) < 4.78 is 0. The standard InChI is InChI=1S/C15H27N3O2/c16-15(20)14-3-1-2-6-17(14)7-8-18-11-4-5-12(18)10-13(19)9-11/h11-14,19H,1-10H2,(H2,16,20)/t11-,12+,13?,14?. The van der Waals surface area contributed by atoms with Gasteiger partial charge in [0.05, 0.1) is 12.1 Å². The molecule has 0 spiro atoms. The summed E-state index contributed by atoms with van der Waals surface area (Å²) in [6, 6.07) is 1.05. The fraction of sp³-hybridized carbons (Fsp3) is 0.933. The lowest BCUT2D eigenvalue weighted by molar-refractivity contribution is -0.124. The molecular weight excluding hydrogens is 254 g/mol.